The van der Waals surface area contributed by atoms with Gasteiger partial charge in [0.2, 0.25) is 14.3 Å². The number of carbonyl (C=O) groups excluding carboxylic acids is 3. The van der Waals surface area contributed by atoms with Crippen molar-refractivity contribution in [2.75, 3.05) is 23.4 Å². The van der Waals surface area contributed by atoms with Gasteiger partial charge in [0.05, 0.1) is 31.4 Å². The predicted molar refractivity (Wildman–Crippen MR) is 198 cm³/mol. The van der Waals surface area contributed by atoms with Gasteiger partial charge in [-0.15, -0.1) is 0 Å². The first kappa shape index (κ1) is 35.7. The molecule has 2 aliphatic heterocycles. The van der Waals surface area contributed by atoms with E-state index in [1.807, 2.05) is 73.7 Å². The standard InChI is InChI=1S/C39H41BrFN3O5Si/c1-26-36(50(2,3)41)34(23-35(46)43(20-21-45)24-27-10-6-4-7-11-27)49-39(26)32-22-30(40)16-19-33(32)44(38(39)48)25-28-14-17-31(18-15-28)42-37(47)29-12-8-5-9-13-29/h4-19,22,26,34,36,45H,20-21,23-25H2,1-3H3,(H,42,47)/t26-,34+,36-,39+/m0/s1. The molecule has 4 atom stereocenters. The number of benzene rings is 4. The quantitative estimate of drug-likeness (QED) is 0.123. The lowest BCUT2D eigenvalue weighted by atomic mass is 9.82. The second-order valence-corrected chi connectivity index (χ2v) is 18.3. The summed E-state index contributed by atoms with van der Waals surface area (Å²) in [5.41, 5.74) is 2.09. The minimum absolute atomic E-state index is 0.114. The van der Waals surface area contributed by atoms with Crippen LogP contribution in [0.2, 0.25) is 18.6 Å². The third kappa shape index (κ3) is 7.05. The highest BCUT2D eigenvalue weighted by Gasteiger charge is 2.67. The Morgan fingerprint density at radius 1 is 0.980 bits per heavy atom. The van der Waals surface area contributed by atoms with Gasteiger partial charge < -0.3 is 29.1 Å². The molecule has 4 aromatic carbocycles. The molecule has 3 amide bonds. The number of halogens is 2. The molecule has 2 aliphatic rings. The fourth-order valence-electron chi connectivity index (χ4n) is 7.56. The minimum atomic E-state index is -3.51. The zero-order valence-electron chi connectivity index (χ0n) is 28.3. The largest absolute Gasteiger partial charge is 0.395 e. The summed E-state index contributed by atoms with van der Waals surface area (Å²) in [5, 5.41) is 12.7. The Kier molecular flexibility index (Phi) is 10.4. The molecule has 4 aromatic rings. The number of nitrogens with one attached hydrogen (secondary N) is 1. The van der Waals surface area contributed by atoms with Gasteiger partial charge in [0.15, 0.2) is 5.60 Å². The highest BCUT2D eigenvalue weighted by atomic mass is 79.9. The van der Waals surface area contributed by atoms with Gasteiger partial charge in [0, 0.05) is 45.8 Å². The minimum Gasteiger partial charge on any atom is -0.395 e. The average molecular weight is 759 g/mol. The van der Waals surface area contributed by atoms with Crippen molar-refractivity contribution in [3.63, 3.8) is 0 Å². The number of aliphatic hydroxyl groups excluding tert-OH is 1. The van der Waals surface area contributed by atoms with Gasteiger partial charge in [-0.2, -0.15) is 0 Å². The maximum absolute atomic E-state index is 16.4. The topological polar surface area (TPSA) is 99.2 Å². The van der Waals surface area contributed by atoms with Gasteiger partial charge in [0.1, 0.15) is 0 Å². The van der Waals surface area contributed by atoms with Crippen molar-refractivity contribution < 1.29 is 28.3 Å². The van der Waals surface area contributed by atoms with Crippen molar-refractivity contribution in [2.24, 2.45) is 5.92 Å². The van der Waals surface area contributed by atoms with Crippen LogP contribution >= 0.6 is 15.9 Å². The maximum Gasteiger partial charge on any atom is 0.264 e. The highest BCUT2D eigenvalue weighted by Crippen LogP contribution is 2.60. The summed E-state index contributed by atoms with van der Waals surface area (Å²) >= 11 is 3.57. The van der Waals surface area contributed by atoms with E-state index >= 15 is 4.11 Å². The van der Waals surface area contributed by atoms with Gasteiger partial charge in [-0.3, -0.25) is 14.4 Å². The van der Waals surface area contributed by atoms with Crippen molar-refractivity contribution in [1.29, 1.82) is 0 Å². The van der Waals surface area contributed by atoms with Crippen LogP contribution in [-0.2, 0) is 33.0 Å². The molecule has 0 aliphatic carbocycles. The van der Waals surface area contributed by atoms with E-state index in [1.165, 1.54) is 0 Å². The third-order valence-electron chi connectivity index (χ3n) is 9.83. The lowest BCUT2D eigenvalue weighted by Gasteiger charge is -2.31. The lowest BCUT2D eigenvalue weighted by molar-refractivity contribution is -0.150. The van der Waals surface area contributed by atoms with Crippen LogP contribution in [0, 0.1) is 5.92 Å². The van der Waals surface area contributed by atoms with Crippen molar-refractivity contribution in [3.05, 3.63) is 130 Å². The molecular weight excluding hydrogens is 717 g/mol. The molecular formula is C39H41BrFN3O5Si. The zero-order chi connectivity index (χ0) is 35.6. The van der Waals surface area contributed by atoms with Gasteiger partial charge >= 0.3 is 0 Å². The summed E-state index contributed by atoms with van der Waals surface area (Å²) < 4.78 is 23.9. The Labute approximate surface area is 301 Å². The lowest BCUT2D eigenvalue weighted by Crippen LogP contribution is -2.45. The predicted octanol–water partition coefficient (Wildman–Crippen LogP) is 7.43. The van der Waals surface area contributed by atoms with E-state index in [4.69, 9.17) is 4.74 Å². The molecule has 2 heterocycles. The van der Waals surface area contributed by atoms with Crippen LogP contribution in [0.3, 0.4) is 0 Å². The molecule has 50 heavy (non-hydrogen) atoms. The number of anilines is 2. The van der Waals surface area contributed by atoms with Crippen LogP contribution in [0.4, 0.5) is 15.5 Å². The van der Waals surface area contributed by atoms with Crippen molar-refractivity contribution >= 4 is 53.4 Å². The molecule has 11 heteroatoms. The van der Waals surface area contributed by atoms with Gasteiger partial charge in [-0.1, -0.05) is 83.5 Å². The van der Waals surface area contributed by atoms with Gasteiger partial charge in [0.25, 0.3) is 11.8 Å². The SMILES string of the molecule is C[C@H]1[C@H]([Si](C)(C)F)[C@@H](CC(=O)N(CCO)Cc2ccccc2)O[C@]12C(=O)N(Cc1ccc(NC(=O)c3ccccc3)cc1)c1ccc(Br)cc12. The fourth-order valence-corrected chi connectivity index (χ4v) is 10.4. The van der Waals surface area contributed by atoms with E-state index in [9.17, 15) is 19.5 Å². The molecule has 2 N–H and O–H groups in total. The molecule has 0 aromatic heterocycles. The number of rotatable bonds is 11. The molecule has 260 valence electrons. The van der Waals surface area contributed by atoms with Crippen LogP contribution in [-0.4, -0.2) is 55.4 Å². The first-order chi connectivity index (χ1) is 23.9. The molecule has 1 fully saturated rings. The number of fused-ring (bicyclic) bond motifs is 2. The van der Waals surface area contributed by atoms with Crippen LogP contribution < -0.4 is 10.2 Å². The summed E-state index contributed by atoms with van der Waals surface area (Å²) in [6, 6.07) is 31.4. The zero-order valence-corrected chi connectivity index (χ0v) is 30.9. The second kappa shape index (κ2) is 14.6. The molecule has 1 saturated heterocycles. The average Bonchev–Trinajstić information content (AvgIpc) is 3.52. The van der Waals surface area contributed by atoms with Crippen molar-refractivity contribution in [2.45, 2.75) is 56.8 Å². The Morgan fingerprint density at radius 3 is 2.28 bits per heavy atom. The van der Waals surface area contributed by atoms with Crippen LogP contribution in [0.1, 0.15) is 40.4 Å². The van der Waals surface area contributed by atoms with Gasteiger partial charge in [-0.05, 0) is 66.7 Å². The molecule has 1 spiro atoms. The third-order valence-corrected chi connectivity index (χ3v) is 12.8. The first-order valence-electron chi connectivity index (χ1n) is 16.8. The summed E-state index contributed by atoms with van der Waals surface area (Å²) in [5.74, 6) is -1.34. The summed E-state index contributed by atoms with van der Waals surface area (Å²) in [6.07, 6.45) is -0.958. The summed E-state index contributed by atoms with van der Waals surface area (Å²) in [4.78, 5) is 44.5. The number of hydrogen-bond donors (Lipinski definition) is 2. The van der Waals surface area contributed by atoms with Crippen LogP contribution in [0.5, 0.6) is 0 Å². The van der Waals surface area contributed by atoms with E-state index in [2.05, 4.69) is 21.2 Å². The highest BCUT2D eigenvalue weighted by molar-refractivity contribution is 9.10. The second-order valence-electron chi connectivity index (χ2n) is 13.6. The fraction of sp³-hybridized carbons (Fsp3) is 0.308. The molecule has 0 radical (unpaired) electrons. The number of amides is 3. The Bertz CT molecular complexity index is 1860. The van der Waals surface area contributed by atoms with Crippen LogP contribution in [0.25, 0.3) is 0 Å². The number of carbonyl (C=O) groups is 3. The molecule has 6 rings (SSSR count). The number of aliphatic hydroxyl groups is 1. The Balaban J connectivity index is 1.27. The van der Waals surface area contributed by atoms with Crippen molar-refractivity contribution in [3.8, 4) is 0 Å². The molecule has 8 nitrogen and oxygen atoms in total. The normalized spacial score (nSPS) is 21.4. The van der Waals surface area contributed by atoms with Crippen LogP contribution in [0.15, 0.2) is 108 Å². The summed E-state index contributed by atoms with van der Waals surface area (Å²) in [6.45, 7) is 5.53. The summed E-state index contributed by atoms with van der Waals surface area (Å²) in [7, 11) is -3.51. The molecule has 0 unspecified atom stereocenters. The van der Waals surface area contributed by atoms with E-state index in [-0.39, 0.29) is 43.8 Å². The van der Waals surface area contributed by atoms with E-state index in [0.29, 0.717) is 29.0 Å². The Morgan fingerprint density at radius 2 is 1.64 bits per heavy atom. The van der Waals surface area contributed by atoms with E-state index in [1.54, 1.807) is 59.3 Å². The van der Waals surface area contributed by atoms with E-state index < -0.39 is 31.6 Å². The van der Waals surface area contributed by atoms with Crippen molar-refractivity contribution in [1.82, 2.24) is 4.90 Å². The first-order valence-corrected chi connectivity index (χ1v) is 20.5. The number of hydrogen-bond acceptors (Lipinski definition) is 5. The van der Waals surface area contributed by atoms with E-state index in [0.717, 1.165) is 15.6 Å². The maximum atomic E-state index is 16.4. The number of ether oxygens (including phenoxy) is 1. The number of nitrogens with zero attached hydrogens (tertiary/aromatic N) is 2. The molecule has 0 saturated carbocycles. The monoisotopic (exact) mass is 757 g/mol. The Hall–Kier alpha value is -4.16. The smallest absolute Gasteiger partial charge is 0.264 e. The molecule has 0 bridgehead atoms. The van der Waals surface area contributed by atoms with Gasteiger partial charge in [-0.25, -0.2) is 0 Å².